The van der Waals surface area contributed by atoms with Crippen LogP contribution in [0.2, 0.25) is 0 Å². The van der Waals surface area contributed by atoms with Crippen molar-refractivity contribution in [1.82, 2.24) is 9.80 Å². The van der Waals surface area contributed by atoms with E-state index >= 15 is 0 Å². The topological polar surface area (TPSA) is 64.1 Å². The molecule has 2 atom stereocenters. The number of aliphatic carboxylic acids is 1. The molecule has 6 heteroatoms. The predicted octanol–water partition coefficient (Wildman–Crippen LogP) is 2.30. The van der Waals surface area contributed by atoms with Crippen molar-refractivity contribution >= 4 is 17.6 Å². The van der Waals surface area contributed by atoms with Gasteiger partial charge in [0.15, 0.2) is 0 Å². The standard InChI is InChI=1S/C22H31N3O3/c1-23(18-8-4-2-5-9-18)20(26)14-24-12-17-13-25(19-10-6-3-7-11-19)16-22(17,15-24)21(27)28/h2,4-5,8-9,17,19H,3,6-7,10-16H2,1H3,(H,27,28)/t17-,22-/m1/s1. The summed E-state index contributed by atoms with van der Waals surface area (Å²) < 4.78 is 0. The molecular formula is C22H31N3O3. The van der Waals surface area contributed by atoms with Gasteiger partial charge in [-0.05, 0) is 25.0 Å². The lowest BCUT2D eigenvalue weighted by atomic mass is 9.81. The van der Waals surface area contributed by atoms with Gasteiger partial charge in [-0.25, -0.2) is 0 Å². The molecule has 0 unspecified atom stereocenters. The van der Waals surface area contributed by atoms with E-state index in [4.69, 9.17) is 0 Å². The number of rotatable bonds is 5. The van der Waals surface area contributed by atoms with Gasteiger partial charge in [-0.3, -0.25) is 19.4 Å². The van der Waals surface area contributed by atoms with Crippen LogP contribution in [0.1, 0.15) is 32.1 Å². The molecule has 0 bridgehead atoms. The Morgan fingerprint density at radius 3 is 2.46 bits per heavy atom. The predicted molar refractivity (Wildman–Crippen MR) is 108 cm³/mol. The largest absolute Gasteiger partial charge is 0.481 e. The summed E-state index contributed by atoms with van der Waals surface area (Å²) in [5.41, 5.74) is 0.145. The van der Waals surface area contributed by atoms with E-state index in [9.17, 15) is 14.7 Å². The van der Waals surface area contributed by atoms with Crippen LogP contribution in [0.3, 0.4) is 0 Å². The van der Waals surface area contributed by atoms with Crippen LogP contribution in [0.15, 0.2) is 30.3 Å². The first-order valence-electron chi connectivity index (χ1n) is 10.5. The Hall–Kier alpha value is -1.92. The van der Waals surface area contributed by atoms with Gasteiger partial charge in [0.05, 0.1) is 12.0 Å². The monoisotopic (exact) mass is 385 g/mol. The maximum absolute atomic E-state index is 12.7. The van der Waals surface area contributed by atoms with E-state index in [1.807, 2.05) is 30.3 Å². The number of hydrogen-bond acceptors (Lipinski definition) is 4. The summed E-state index contributed by atoms with van der Waals surface area (Å²) in [6.07, 6.45) is 6.23. The number of carboxylic acid groups (broad SMARTS) is 1. The van der Waals surface area contributed by atoms with E-state index in [0.717, 1.165) is 12.2 Å². The highest BCUT2D eigenvalue weighted by atomic mass is 16.4. The summed E-state index contributed by atoms with van der Waals surface area (Å²) in [5.74, 6) is -0.570. The van der Waals surface area contributed by atoms with E-state index < -0.39 is 11.4 Å². The maximum atomic E-state index is 12.7. The molecule has 1 amide bonds. The van der Waals surface area contributed by atoms with Crippen molar-refractivity contribution in [2.45, 2.75) is 38.1 Å². The van der Waals surface area contributed by atoms with Gasteiger partial charge >= 0.3 is 5.97 Å². The van der Waals surface area contributed by atoms with Gasteiger partial charge in [0.25, 0.3) is 0 Å². The fraction of sp³-hybridized carbons (Fsp3) is 0.636. The number of benzene rings is 1. The molecule has 2 saturated heterocycles. The fourth-order valence-corrected chi connectivity index (χ4v) is 5.45. The summed E-state index contributed by atoms with van der Waals surface area (Å²) in [6, 6.07) is 10.1. The number of amides is 1. The van der Waals surface area contributed by atoms with Crippen molar-refractivity contribution in [2.24, 2.45) is 11.3 Å². The molecule has 0 radical (unpaired) electrons. The Morgan fingerprint density at radius 2 is 1.82 bits per heavy atom. The molecule has 0 spiro atoms. The SMILES string of the molecule is CN(C(=O)CN1C[C@@H]2CN(C3CCCCC3)C[C@]2(C(=O)O)C1)c1ccccc1. The number of para-hydroxylation sites is 1. The van der Waals surface area contributed by atoms with Crippen molar-refractivity contribution in [3.05, 3.63) is 30.3 Å². The van der Waals surface area contributed by atoms with Crippen LogP contribution in [-0.4, -0.2) is 72.6 Å². The van der Waals surface area contributed by atoms with Crippen molar-refractivity contribution in [3.63, 3.8) is 0 Å². The number of likely N-dealkylation sites (N-methyl/N-ethyl adjacent to an activating group) is 1. The lowest BCUT2D eigenvalue weighted by Crippen LogP contribution is -2.45. The van der Waals surface area contributed by atoms with Crippen LogP contribution in [0.5, 0.6) is 0 Å². The zero-order valence-corrected chi connectivity index (χ0v) is 16.7. The van der Waals surface area contributed by atoms with Gasteiger partial charge in [-0.2, -0.15) is 0 Å². The molecule has 28 heavy (non-hydrogen) atoms. The summed E-state index contributed by atoms with van der Waals surface area (Å²) in [7, 11) is 1.78. The molecule has 1 aromatic rings. The molecule has 3 aliphatic rings. The summed E-state index contributed by atoms with van der Waals surface area (Å²) in [6.45, 7) is 2.95. The average Bonchev–Trinajstić information content (AvgIpc) is 3.24. The minimum Gasteiger partial charge on any atom is -0.481 e. The van der Waals surface area contributed by atoms with E-state index in [-0.39, 0.29) is 18.4 Å². The summed E-state index contributed by atoms with van der Waals surface area (Å²) in [5, 5.41) is 10.1. The van der Waals surface area contributed by atoms with Crippen LogP contribution in [-0.2, 0) is 9.59 Å². The summed E-state index contributed by atoms with van der Waals surface area (Å²) >= 11 is 0. The molecule has 1 saturated carbocycles. The van der Waals surface area contributed by atoms with Gasteiger partial charge in [0.2, 0.25) is 5.91 Å². The molecule has 1 N–H and O–H groups in total. The van der Waals surface area contributed by atoms with Crippen molar-refractivity contribution in [2.75, 3.05) is 44.7 Å². The molecule has 152 valence electrons. The Kier molecular flexibility index (Phi) is 5.43. The molecule has 4 rings (SSSR count). The Labute approximate surface area is 167 Å². The van der Waals surface area contributed by atoms with Crippen molar-refractivity contribution in [3.8, 4) is 0 Å². The van der Waals surface area contributed by atoms with E-state index in [1.54, 1.807) is 11.9 Å². The number of likely N-dealkylation sites (tertiary alicyclic amines) is 2. The first kappa shape index (κ1) is 19.4. The Bertz CT molecular complexity index is 719. The van der Waals surface area contributed by atoms with E-state index in [1.165, 1.54) is 32.1 Å². The first-order valence-corrected chi connectivity index (χ1v) is 10.5. The first-order chi connectivity index (χ1) is 13.5. The molecule has 6 nitrogen and oxygen atoms in total. The van der Waals surface area contributed by atoms with Crippen LogP contribution in [0.25, 0.3) is 0 Å². The van der Waals surface area contributed by atoms with Crippen LogP contribution in [0.4, 0.5) is 5.69 Å². The fourth-order valence-electron chi connectivity index (χ4n) is 5.45. The molecule has 1 aliphatic carbocycles. The Morgan fingerprint density at radius 1 is 1.11 bits per heavy atom. The smallest absolute Gasteiger partial charge is 0.312 e. The van der Waals surface area contributed by atoms with Gasteiger partial charge < -0.3 is 10.0 Å². The molecular weight excluding hydrogens is 354 g/mol. The lowest BCUT2D eigenvalue weighted by molar-refractivity contribution is -0.149. The quantitative estimate of drug-likeness (QED) is 0.843. The maximum Gasteiger partial charge on any atom is 0.312 e. The van der Waals surface area contributed by atoms with Gasteiger partial charge in [-0.15, -0.1) is 0 Å². The van der Waals surface area contributed by atoms with E-state index in [0.29, 0.717) is 25.7 Å². The molecule has 3 fully saturated rings. The Balaban J connectivity index is 1.40. The highest BCUT2D eigenvalue weighted by Crippen LogP contribution is 2.44. The summed E-state index contributed by atoms with van der Waals surface area (Å²) in [4.78, 5) is 31.2. The third-order valence-corrected chi connectivity index (χ3v) is 7.10. The second-order valence-corrected chi connectivity index (χ2v) is 8.84. The number of fused-ring (bicyclic) bond motifs is 1. The van der Waals surface area contributed by atoms with Gasteiger partial charge in [-0.1, -0.05) is 37.5 Å². The number of nitrogens with zero attached hydrogens (tertiary/aromatic N) is 3. The van der Waals surface area contributed by atoms with Crippen molar-refractivity contribution < 1.29 is 14.7 Å². The molecule has 2 heterocycles. The minimum atomic E-state index is -0.719. The zero-order valence-electron chi connectivity index (χ0n) is 16.7. The number of anilines is 1. The normalized spacial score (nSPS) is 29.0. The number of carbonyl (C=O) groups is 2. The second kappa shape index (κ2) is 7.84. The number of hydrogen-bond donors (Lipinski definition) is 1. The van der Waals surface area contributed by atoms with Crippen LogP contribution < -0.4 is 4.90 Å². The highest BCUT2D eigenvalue weighted by molar-refractivity contribution is 5.94. The molecule has 0 aromatic heterocycles. The second-order valence-electron chi connectivity index (χ2n) is 8.84. The number of carbonyl (C=O) groups excluding carboxylic acids is 1. The third kappa shape index (κ3) is 3.55. The highest BCUT2D eigenvalue weighted by Gasteiger charge is 2.58. The van der Waals surface area contributed by atoms with E-state index in [2.05, 4.69) is 9.80 Å². The van der Waals surface area contributed by atoms with Gasteiger partial charge in [0.1, 0.15) is 0 Å². The number of carboxylic acids is 1. The zero-order chi connectivity index (χ0) is 19.7. The third-order valence-electron chi connectivity index (χ3n) is 7.10. The molecule has 1 aromatic carbocycles. The minimum absolute atomic E-state index is 0.0100. The van der Waals surface area contributed by atoms with Gasteiger partial charge in [0, 0.05) is 50.9 Å². The lowest BCUT2D eigenvalue weighted by Gasteiger charge is -2.33. The van der Waals surface area contributed by atoms with Crippen LogP contribution >= 0.6 is 0 Å². The average molecular weight is 386 g/mol. The van der Waals surface area contributed by atoms with Crippen molar-refractivity contribution in [1.29, 1.82) is 0 Å². The molecule has 2 aliphatic heterocycles. The van der Waals surface area contributed by atoms with Crippen LogP contribution in [0, 0.1) is 11.3 Å².